The number of ether oxygens (including phenoxy) is 1. The van der Waals surface area contributed by atoms with Gasteiger partial charge < -0.3 is 15.8 Å². The highest BCUT2D eigenvalue weighted by Gasteiger charge is 2.13. The van der Waals surface area contributed by atoms with Crippen molar-refractivity contribution >= 4 is 17.8 Å². The summed E-state index contributed by atoms with van der Waals surface area (Å²) >= 11 is 0. The lowest BCUT2D eigenvalue weighted by Crippen LogP contribution is -2.42. The number of hydrogen-bond acceptors (Lipinski definition) is 4. The van der Waals surface area contributed by atoms with Crippen molar-refractivity contribution in [2.45, 2.75) is 32.7 Å². The number of amides is 2. The van der Waals surface area contributed by atoms with E-state index >= 15 is 0 Å². The molecule has 15 heavy (non-hydrogen) atoms. The molecular formula is C9H16N2O4. The topological polar surface area (TPSA) is 98.5 Å². The number of carbonyl (C=O) groups is 3. The first kappa shape index (κ1) is 13.4. The van der Waals surface area contributed by atoms with Crippen molar-refractivity contribution in [3.63, 3.8) is 0 Å². The van der Waals surface area contributed by atoms with Crippen LogP contribution in [0, 0.1) is 0 Å². The van der Waals surface area contributed by atoms with Crippen LogP contribution >= 0.6 is 0 Å². The SMILES string of the molecule is CCOC(=O)CCC(=O)N[C@H](C)C(N)=O. The molecule has 0 saturated carbocycles. The van der Waals surface area contributed by atoms with Crippen LogP contribution in [0.2, 0.25) is 0 Å². The molecule has 0 aromatic carbocycles. The molecule has 0 saturated heterocycles. The maximum Gasteiger partial charge on any atom is 0.306 e. The van der Waals surface area contributed by atoms with Crippen molar-refractivity contribution in [1.29, 1.82) is 0 Å². The number of esters is 1. The number of hydrogen-bond donors (Lipinski definition) is 2. The van der Waals surface area contributed by atoms with Crippen LogP contribution in [0.15, 0.2) is 0 Å². The summed E-state index contributed by atoms with van der Waals surface area (Å²) < 4.78 is 4.63. The molecule has 0 aliphatic carbocycles. The lowest BCUT2D eigenvalue weighted by Gasteiger charge is -2.09. The molecule has 1 atom stereocenters. The van der Waals surface area contributed by atoms with E-state index in [1.807, 2.05) is 0 Å². The summed E-state index contributed by atoms with van der Waals surface area (Å²) in [6.45, 7) is 3.45. The third-order valence-electron chi connectivity index (χ3n) is 1.67. The maximum absolute atomic E-state index is 11.1. The second-order valence-electron chi connectivity index (χ2n) is 3.00. The number of nitrogens with one attached hydrogen (secondary N) is 1. The average molecular weight is 216 g/mol. The molecule has 0 aromatic rings. The van der Waals surface area contributed by atoms with E-state index in [2.05, 4.69) is 10.1 Å². The van der Waals surface area contributed by atoms with E-state index in [1.54, 1.807) is 6.92 Å². The summed E-state index contributed by atoms with van der Waals surface area (Å²) in [7, 11) is 0. The van der Waals surface area contributed by atoms with Crippen LogP contribution in [0.3, 0.4) is 0 Å². The predicted octanol–water partition coefficient (Wildman–Crippen LogP) is -0.680. The summed E-state index contributed by atoms with van der Waals surface area (Å²) in [6, 6.07) is -0.723. The quantitative estimate of drug-likeness (QED) is 0.574. The second-order valence-corrected chi connectivity index (χ2v) is 3.00. The van der Waals surface area contributed by atoms with E-state index in [-0.39, 0.29) is 19.4 Å². The van der Waals surface area contributed by atoms with Crippen LogP contribution in [-0.2, 0) is 19.1 Å². The molecule has 86 valence electrons. The average Bonchev–Trinajstić information content (AvgIpc) is 2.15. The number of nitrogens with two attached hydrogens (primary N) is 1. The zero-order chi connectivity index (χ0) is 11.8. The van der Waals surface area contributed by atoms with Gasteiger partial charge in [0, 0.05) is 6.42 Å². The van der Waals surface area contributed by atoms with Gasteiger partial charge in [-0.1, -0.05) is 0 Å². The third-order valence-corrected chi connectivity index (χ3v) is 1.67. The molecule has 3 N–H and O–H groups in total. The van der Waals surface area contributed by atoms with E-state index in [4.69, 9.17) is 5.73 Å². The molecule has 0 fully saturated rings. The van der Waals surface area contributed by atoms with Crippen LogP contribution in [0.1, 0.15) is 26.7 Å². The second kappa shape index (κ2) is 6.80. The van der Waals surface area contributed by atoms with Gasteiger partial charge in [0.15, 0.2) is 0 Å². The Morgan fingerprint density at radius 1 is 1.33 bits per heavy atom. The zero-order valence-electron chi connectivity index (χ0n) is 8.91. The van der Waals surface area contributed by atoms with Gasteiger partial charge in [-0.3, -0.25) is 14.4 Å². The highest BCUT2D eigenvalue weighted by molar-refractivity contribution is 5.87. The Morgan fingerprint density at radius 2 is 1.93 bits per heavy atom. The van der Waals surface area contributed by atoms with Crippen LogP contribution in [-0.4, -0.2) is 30.4 Å². The Labute approximate surface area is 88.1 Å². The molecule has 6 nitrogen and oxygen atoms in total. The lowest BCUT2D eigenvalue weighted by atomic mass is 10.2. The molecule has 0 spiro atoms. The van der Waals surface area contributed by atoms with Crippen molar-refractivity contribution in [2.24, 2.45) is 5.73 Å². The molecule has 0 rings (SSSR count). The summed E-state index contributed by atoms with van der Waals surface area (Å²) in [5.41, 5.74) is 4.94. The smallest absolute Gasteiger partial charge is 0.306 e. The lowest BCUT2D eigenvalue weighted by molar-refractivity contribution is -0.144. The minimum atomic E-state index is -0.723. The highest BCUT2D eigenvalue weighted by Crippen LogP contribution is 1.93. The van der Waals surface area contributed by atoms with Crippen molar-refractivity contribution < 1.29 is 19.1 Å². The third kappa shape index (κ3) is 6.48. The fourth-order valence-corrected chi connectivity index (χ4v) is 0.834. The maximum atomic E-state index is 11.1. The Balaban J connectivity index is 3.75. The minimum Gasteiger partial charge on any atom is -0.466 e. The minimum absolute atomic E-state index is 0.00352. The Hall–Kier alpha value is -1.59. The van der Waals surface area contributed by atoms with Gasteiger partial charge in [-0.2, -0.15) is 0 Å². The van der Waals surface area contributed by atoms with Gasteiger partial charge >= 0.3 is 5.97 Å². The molecule has 0 bridgehead atoms. The molecule has 0 heterocycles. The summed E-state index contributed by atoms with van der Waals surface area (Å²) in [4.78, 5) is 32.6. The predicted molar refractivity (Wildman–Crippen MR) is 52.7 cm³/mol. The van der Waals surface area contributed by atoms with Crippen molar-refractivity contribution in [3.05, 3.63) is 0 Å². The Kier molecular flexibility index (Phi) is 6.08. The first-order valence-corrected chi connectivity index (χ1v) is 4.71. The fourth-order valence-electron chi connectivity index (χ4n) is 0.834. The van der Waals surface area contributed by atoms with Crippen LogP contribution in [0.25, 0.3) is 0 Å². The zero-order valence-corrected chi connectivity index (χ0v) is 8.91. The van der Waals surface area contributed by atoms with Crippen molar-refractivity contribution in [3.8, 4) is 0 Å². The molecule has 6 heteroatoms. The van der Waals surface area contributed by atoms with E-state index < -0.39 is 23.8 Å². The first-order valence-electron chi connectivity index (χ1n) is 4.71. The van der Waals surface area contributed by atoms with Gasteiger partial charge in [0.05, 0.1) is 13.0 Å². The molecule has 0 radical (unpaired) electrons. The first-order chi connectivity index (χ1) is 6.97. The van der Waals surface area contributed by atoms with Crippen LogP contribution < -0.4 is 11.1 Å². The van der Waals surface area contributed by atoms with Gasteiger partial charge in [-0.25, -0.2) is 0 Å². The fraction of sp³-hybridized carbons (Fsp3) is 0.667. The van der Waals surface area contributed by atoms with Gasteiger partial charge in [-0.15, -0.1) is 0 Å². The van der Waals surface area contributed by atoms with Gasteiger partial charge in [0.2, 0.25) is 11.8 Å². The molecule has 0 aliphatic heterocycles. The van der Waals surface area contributed by atoms with E-state index in [9.17, 15) is 14.4 Å². The van der Waals surface area contributed by atoms with Crippen LogP contribution in [0.4, 0.5) is 0 Å². The summed E-state index contributed by atoms with van der Waals surface area (Å²) in [5.74, 6) is -1.44. The molecule has 0 unspecified atom stereocenters. The largest absolute Gasteiger partial charge is 0.466 e. The molecule has 0 aliphatic rings. The van der Waals surface area contributed by atoms with Gasteiger partial charge in [-0.05, 0) is 13.8 Å². The van der Waals surface area contributed by atoms with Gasteiger partial charge in [0.25, 0.3) is 0 Å². The molecular weight excluding hydrogens is 200 g/mol. The number of carbonyl (C=O) groups excluding carboxylic acids is 3. The van der Waals surface area contributed by atoms with Crippen molar-refractivity contribution in [1.82, 2.24) is 5.32 Å². The number of primary amides is 1. The molecule has 0 aromatic heterocycles. The molecule has 2 amide bonds. The normalized spacial score (nSPS) is 11.6. The Morgan fingerprint density at radius 3 is 2.40 bits per heavy atom. The monoisotopic (exact) mass is 216 g/mol. The summed E-state index contributed by atoms with van der Waals surface area (Å²) in [6.07, 6.45) is 0.00160. The van der Waals surface area contributed by atoms with E-state index in [0.29, 0.717) is 0 Å². The number of rotatable bonds is 6. The Bertz CT molecular complexity index is 252. The van der Waals surface area contributed by atoms with E-state index in [1.165, 1.54) is 6.92 Å². The van der Waals surface area contributed by atoms with E-state index in [0.717, 1.165) is 0 Å². The standard InChI is InChI=1S/C9H16N2O4/c1-3-15-8(13)5-4-7(12)11-6(2)9(10)14/h6H,3-5H2,1-2H3,(H2,10,14)(H,11,12)/t6-/m1/s1. The van der Waals surface area contributed by atoms with Gasteiger partial charge in [0.1, 0.15) is 6.04 Å². The highest BCUT2D eigenvalue weighted by atomic mass is 16.5. The van der Waals surface area contributed by atoms with Crippen LogP contribution in [0.5, 0.6) is 0 Å². The van der Waals surface area contributed by atoms with Crippen molar-refractivity contribution in [2.75, 3.05) is 6.61 Å². The summed E-state index contributed by atoms with van der Waals surface area (Å²) in [5, 5.41) is 2.36.